The highest BCUT2D eigenvalue weighted by atomic mass is 16.5. The highest BCUT2D eigenvalue weighted by molar-refractivity contribution is 4.87. The molecule has 86 valence electrons. The van der Waals surface area contributed by atoms with Gasteiger partial charge in [0.05, 0.1) is 13.2 Å². The van der Waals surface area contributed by atoms with E-state index in [-0.39, 0.29) is 0 Å². The van der Waals surface area contributed by atoms with Gasteiger partial charge >= 0.3 is 0 Å². The molecule has 4 heteroatoms. The minimum atomic E-state index is 0.384. The van der Waals surface area contributed by atoms with E-state index in [0.29, 0.717) is 12.0 Å². The maximum absolute atomic E-state index is 5.43. The molecule has 0 amide bonds. The number of ether oxygens (including phenoxy) is 1. The summed E-state index contributed by atoms with van der Waals surface area (Å²) in [5.41, 5.74) is 0. The van der Waals surface area contributed by atoms with Gasteiger partial charge in [-0.05, 0) is 12.8 Å². The zero-order valence-electron chi connectivity index (χ0n) is 9.79. The second kappa shape index (κ2) is 6.58. The first-order valence-electron chi connectivity index (χ1n) is 5.53. The van der Waals surface area contributed by atoms with Gasteiger partial charge < -0.3 is 15.0 Å². The van der Waals surface area contributed by atoms with Crippen LogP contribution in [0.2, 0.25) is 0 Å². The maximum Gasteiger partial charge on any atom is 0.120 e. The second-order valence-electron chi connectivity index (χ2n) is 3.93. The molecule has 0 aliphatic rings. The van der Waals surface area contributed by atoms with E-state index in [1.807, 2.05) is 13.1 Å². The first-order valence-corrected chi connectivity index (χ1v) is 5.53. The molecule has 2 N–H and O–H groups in total. The third-order valence-corrected chi connectivity index (χ3v) is 2.39. The number of nitrogens with zero attached hydrogens (tertiary/aromatic N) is 1. The van der Waals surface area contributed by atoms with Crippen LogP contribution in [0.15, 0.2) is 12.4 Å². The average Bonchev–Trinajstić information content (AvgIpc) is 2.70. The summed E-state index contributed by atoms with van der Waals surface area (Å²) in [4.78, 5) is 7.24. The SMILES string of the molecule is CCOCC(NCc1ncc[nH]1)C(C)C. The fourth-order valence-corrected chi connectivity index (χ4v) is 1.35. The minimum absolute atomic E-state index is 0.384. The summed E-state index contributed by atoms with van der Waals surface area (Å²) in [5.74, 6) is 1.53. The van der Waals surface area contributed by atoms with E-state index in [0.717, 1.165) is 25.6 Å². The van der Waals surface area contributed by atoms with E-state index >= 15 is 0 Å². The number of rotatable bonds is 7. The molecular weight excluding hydrogens is 190 g/mol. The quantitative estimate of drug-likeness (QED) is 0.719. The van der Waals surface area contributed by atoms with E-state index in [4.69, 9.17) is 4.74 Å². The van der Waals surface area contributed by atoms with Gasteiger partial charge in [-0.15, -0.1) is 0 Å². The molecule has 1 atom stereocenters. The summed E-state index contributed by atoms with van der Waals surface area (Å²) in [6.45, 7) is 8.70. The van der Waals surface area contributed by atoms with Crippen LogP contribution in [0.3, 0.4) is 0 Å². The van der Waals surface area contributed by atoms with Crippen LogP contribution in [-0.4, -0.2) is 29.2 Å². The monoisotopic (exact) mass is 211 g/mol. The highest BCUT2D eigenvalue weighted by Gasteiger charge is 2.12. The standard InChI is InChI=1S/C11H21N3O/c1-4-15-8-10(9(2)3)14-7-11-12-5-6-13-11/h5-6,9-10,14H,4,7-8H2,1-3H3,(H,12,13). The van der Waals surface area contributed by atoms with Gasteiger partial charge in [-0.3, -0.25) is 0 Å². The van der Waals surface area contributed by atoms with E-state index in [2.05, 4.69) is 29.1 Å². The molecule has 0 spiro atoms. The van der Waals surface area contributed by atoms with E-state index in [1.165, 1.54) is 0 Å². The molecule has 1 heterocycles. The Kier molecular flexibility index (Phi) is 5.36. The van der Waals surface area contributed by atoms with Gasteiger partial charge in [0.1, 0.15) is 5.82 Å². The summed E-state index contributed by atoms with van der Waals surface area (Å²) in [7, 11) is 0. The number of hydrogen-bond acceptors (Lipinski definition) is 3. The van der Waals surface area contributed by atoms with Crippen molar-refractivity contribution in [1.82, 2.24) is 15.3 Å². The molecule has 1 unspecified atom stereocenters. The number of H-pyrrole nitrogens is 1. The normalized spacial score (nSPS) is 13.3. The summed E-state index contributed by atoms with van der Waals surface area (Å²) in [6, 6.07) is 0.384. The predicted molar refractivity (Wildman–Crippen MR) is 60.5 cm³/mol. The Morgan fingerprint density at radius 3 is 2.87 bits per heavy atom. The Morgan fingerprint density at radius 1 is 1.53 bits per heavy atom. The van der Waals surface area contributed by atoms with E-state index in [9.17, 15) is 0 Å². The Balaban J connectivity index is 2.31. The molecule has 4 nitrogen and oxygen atoms in total. The Labute approximate surface area is 91.4 Å². The van der Waals surface area contributed by atoms with Gasteiger partial charge in [0.2, 0.25) is 0 Å². The lowest BCUT2D eigenvalue weighted by Gasteiger charge is -2.21. The molecule has 15 heavy (non-hydrogen) atoms. The largest absolute Gasteiger partial charge is 0.380 e. The van der Waals surface area contributed by atoms with Crippen molar-refractivity contribution in [2.75, 3.05) is 13.2 Å². The van der Waals surface area contributed by atoms with Crippen LogP contribution in [0.25, 0.3) is 0 Å². The van der Waals surface area contributed by atoms with Crippen LogP contribution in [-0.2, 0) is 11.3 Å². The van der Waals surface area contributed by atoms with E-state index < -0.39 is 0 Å². The van der Waals surface area contributed by atoms with Gasteiger partial charge in [-0.2, -0.15) is 0 Å². The van der Waals surface area contributed by atoms with Crippen molar-refractivity contribution >= 4 is 0 Å². The zero-order valence-corrected chi connectivity index (χ0v) is 9.79. The van der Waals surface area contributed by atoms with Crippen LogP contribution in [0.5, 0.6) is 0 Å². The molecule has 0 aromatic carbocycles. The van der Waals surface area contributed by atoms with Crippen LogP contribution in [0, 0.1) is 5.92 Å². The molecule has 0 bridgehead atoms. The van der Waals surface area contributed by atoms with Crippen LogP contribution in [0.4, 0.5) is 0 Å². The lowest BCUT2D eigenvalue weighted by molar-refractivity contribution is 0.107. The van der Waals surface area contributed by atoms with Crippen molar-refractivity contribution in [3.63, 3.8) is 0 Å². The van der Waals surface area contributed by atoms with Crippen molar-refractivity contribution in [2.45, 2.75) is 33.4 Å². The first kappa shape index (κ1) is 12.2. The molecule has 1 aromatic heterocycles. The molecule has 0 aliphatic heterocycles. The Morgan fingerprint density at radius 2 is 2.33 bits per heavy atom. The van der Waals surface area contributed by atoms with E-state index in [1.54, 1.807) is 6.20 Å². The summed E-state index contributed by atoms with van der Waals surface area (Å²) in [5, 5.41) is 3.44. The predicted octanol–water partition coefficient (Wildman–Crippen LogP) is 1.56. The van der Waals surface area contributed by atoms with Crippen LogP contribution in [0.1, 0.15) is 26.6 Å². The summed E-state index contributed by atoms with van der Waals surface area (Å²) < 4.78 is 5.43. The lowest BCUT2D eigenvalue weighted by atomic mass is 10.1. The maximum atomic E-state index is 5.43. The first-order chi connectivity index (χ1) is 7.24. The van der Waals surface area contributed by atoms with Crippen molar-refractivity contribution in [2.24, 2.45) is 5.92 Å². The van der Waals surface area contributed by atoms with Crippen LogP contribution >= 0.6 is 0 Å². The van der Waals surface area contributed by atoms with Crippen molar-refractivity contribution in [3.8, 4) is 0 Å². The van der Waals surface area contributed by atoms with Crippen LogP contribution < -0.4 is 5.32 Å². The Hall–Kier alpha value is -0.870. The molecule has 0 fully saturated rings. The fraction of sp³-hybridized carbons (Fsp3) is 0.727. The highest BCUT2D eigenvalue weighted by Crippen LogP contribution is 2.03. The number of hydrogen-bond donors (Lipinski definition) is 2. The molecule has 0 aliphatic carbocycles. The molecule has 0 saturated heterocycles. The second-order valence-corrected chi connectivity index (χ2v) is 3.93. The molecule has 0 radical (unpaired) electrons. The minimum Gasteiger partial charge on any atom is -0.380 e. The van der Waals surface area contributed by atoms with Gasteiger partial charge in [-0.1, -0.05) is 13.8 Å². The number of aromatic amines is 1. The third kappa shape index (κ3) is 4.44. The fourth-order valence-electron chi connectivity index (χ4n) is 1.35. The lowest BCUT2D eigenvalue weighted by Crippen LogP contribution is -2.37. The molecule has 1 aromatic rings. The topological polar surface area (TPSA) is 49.9 Å². The Bertz CT molecular complexity index is 246. The summed E-state index contributed by atoms with van der Waals surface area (Å²) in [6.07, 6.45) is 3.61. The van der Waals surface area contributed by atoms with Crippen molar-refractivity contribution < 1.29 is 4.74 Å². The average molecular weight is 211 g/mol. The van der Waals surface area contributed by atoms with Gasteiger partial charge in [0, 0.05) is 25.0 Å². The smallest absolute Gasteiger partial charge is 0.120 e. The number of nitrogens with one attached hydrogen (secondary N) is 2. The van der Waals surface area contributed by atoms with Gasteiger partial charge in [-0.25, -0.2) is 4.98 Å². The van der Waals surface area contributed by atoms with Crippen molar-refractivity contribution in [3.05, 3.63) is 18.2 Å². The number of aromatic nitrogens is 2. The third-order valence-electron chi connectivity index (χ3n) is 2.39. The zero-order chi connectivity index (χ0) is 11.1. The summed E-state index contributed by atoms with van der Waals surface area (Å²) >= 11 is 0. The van der Waals surface area contributed by atoms with Gasteiger partial charge in [0.25, 0.3) is 0 Å². The molecule has 1 rings (SSSR count). The molecule has 0 saturated carbocycles. The van der Waals surface area contributed by atoms with Crippen molar-refractivity contribution in [1.29, 1.82) is 0 Å². The van der Waals surface area contributed by atoms with Gasteiger partial charge in [0.15, 0.2) is 0 Å². The molecular formula is C11H21N3O. The number of imidazole rings is 1.